The molecule has 0 fully saturated rings. The minimum atomic E-state index is -1.12. The SMILES string of the molecule is Cc1cc(NC(=O)N(C)Cc2ccccn2)c(C(=O)O)[nH]1. The summed E-state index contributed by atoms with van der Waals surface area (Å²) in [6, 6.07) is 6.63. The smallest absolute Gasteiger partial charge is 0.354 e. The average Bonchev–Trinajstić information content (AvgIpc) is 2.81. The van der Waals surface area contributed by atoms with Gasteiger partial charge in [-0.05, 0) is 25.1 Å². The van der Waals surface area contributed by atoms with E-state index in [0.29, 0.717) is 12.2 Å². The number of aromatic amines is 1. The first kappa shape index (κ1) is 14.6. The number of aryl methyl sites for hydroxylation is 1. The highest BCUT2D eigenvalue weighted by molar-refractivity contribution is 5.99. The third-order valence-corrected chi connectivity index (χ3v) is 2.88. The maximum absolute atomic E-state index is 12.1. The van der Waals surface area contributed by atoms with Gasteiger partial charge in [-0.3, -0.25) is 4.98 Å². The molecule has 2 aromatic heterocycles. The summed E-state index contributed by atoms with van der Waals surface area (Å²) < 4.78 is 0. The summed E-state index contributed by atoms with van der Waals surface area (Å²) in [5.74, 6) is -1.12. The van der Waals surface area contributed by atoms with Gasteiger partial charge in [0.1, 0.15) is 5.69 Å². The van der Waals surface area contributed by atoms with Crippen LogP contribution in [0.4, 0.5) is 10.5 Å². The fraction of sp³-hybridized carbons (Fsp3) is 0.214. The van der Waals surface area contributed by atoms with Crippen molar-refractivity contribution in [1.29, 1.82) is 0 Å². The lowest BCUT2D eigenvalue weighted by Crippen LogP contribution is -2.31. The van der Waals surface area contributed by atoms with Gasteiger partial charge in [-0.1, -0.05) is 6.07 Å². The van der Waals surface area contributed by atoms with Crippen LogP contribution in [0.5, 0.6) is 0 Å². The van der Waals surface area contributed by atoms with E-state index in [1.807, 2.05) is 12.1 Å². The van der Waals surface area contributed by atoms with Crippen LogP contribution < -0.4 is 5.32 Å². The maximum Gasteiger partial charge on any atom is 0.354 e. The van der Waals surface area contributed by atoms with Gasteiger partial charge in [0.05, 0.1) is 17.9 Å². The van der Waals surface area contributed by atoms with Crippen LogP contribution in [0.15, 0.2) is 30.5 Å². The zero-order valence-electron chi connectivity index (χ0n) is 11.8. The molecule has 7 nitrogen and oxygen atoms in total. The Morgan fingerprint density at radius 2 is 2.19 bits per heavy atom. The van der Waals surface area contributed by atoms with Gasteiger partial charge in [0, 0.05) is 18.9 Å². The van der Waals surface area contributed by atoms with E-state index in [1.54, 1.807) is 32.3 Å². The molecule has 0 aromatic carbocycles. The molecule has 0 aliphatic heterocycles. The monoisotopic (exact) mass is 288 g/mol. The van der Waals surface area contributed by atoms with Crippen LogP contribution >= 0.6 is 0 Å². The number of urea groups is 1. The van der Waals surface area contributed by atoms with E-state index in [9.17, 15) is 9.59 Å². The zero-order valence-corrected chi connectivity index (χ0v) is 11.8. The Bertz CT molecular complexity index is 651. The third-order valence-electron chi connectivity index (χ3n) is 2.88. The van der Waals surface area contributed by atoms with Crippen molar-refractivity contribution >= 4 is 17.7 Å². The summed E-state index contributed by atoms with van der Waals surface area (Å²) in [4.78, 5) is 31.4. The molecule has 2 rings (SSSR count). The number of carboxylic acids is 1. The summed E-state index contributed by atoms with van der Waals surface area (Å²) in [6.07, 6.45) is 1.65. The van der Waals surface area contributed by atoms with E-state index in [2.05, 4.69) is 15.3 Å². The predicted octanol–water partition coefficient (Wildman–Crippen LogP) is 2.08. The zero-order chi connectivity index (χ0) is 15.4. The molecule has 0 atom stereocenters. The molecule has 0 aliphatic carbocycles. The highest BCUT2D eigenvalue weighted by Crippen LogP contribution is 2.17. The molecule has 110 valence electrons. The number of carbonyl (C=O) groups is 2. The number of nitrogens with one attached hydrogen (secondary N) is 2. The van der Waals surface area contributed by atoms with Crippen molar-refractivity contribution < 1.29 is 14.7 Å². The van der Waals surface area contributed by atoms with Gasteiger partial charge in [0.2, 0.25) is 0 Å². The molecule has 0 aliphatic rings. The fourth-order valence-corrected chi connectivity index (χ4v) is 1.87. The molecule has 0 saturated carbocycles. The summed E-state index contributed by atoms with van der Waals surface area (Å²) in [7, 11) is 1.62. The lowest BCUT2D eigenvalue weighted by atomic mass is 10.3. The standard InChI is InChI=1S/C14H16N4O3/c1-9-7-11(12(16-9)13(19)20)17-14(21)18(2)8-10-5-3-4-6-15-10/h3-7,16H,8H2,1-2H3,(H,17,21)(H,19,20). The molecule has 21 heavy (non-hydrogen) atoms. The number of aromatic nitrogens is 2. The number of carboxylic acid groups (broad SMARTS) is 1. The summed E-state index contributed by atoms with van der Waals surface area (Å²) >= 11 is 0. The first-order chi connectivity index (χ1) is 9.97. The van der Waals surface area contributed by atoms with Crippen molar-refractivity contribution in [2.24, 2.45) is 0 Å². The molecular formula is C14H16N4O3. The normalized spacial score (nSPS) is 10.2. The summed E-state index contributed by atoms with van der Waals surface area (Å²) in [5.41, 5.74) is 1.62. The topological polar surface area (TPSA) is 98.3 Å². The molecule has 3 N–H and O–H groups in total. The van der Waals surface area contributed by atoms with Crippen LogP contribution in [0.1, 0.15) is 21.9 Å². The van der Waals surface area contributed by atoms with Gasteiger partial charge < -0.3 is 20.3 Å². The molecule has 0 bridgehead atoms. The number of rotatable bonds is 4. The maximum atomic E-state index is 12.1. The second kappa shape index (κ2) is 6.08. The molecule has 7 heteroatoms. The van der Waals surface area contributed by atoms with Crippen LogP contribution in [0.3, 0.4) is 0 Å². The Balaban J connectivity index is 2.06. The fourth-order valence-electron chi connectivity index (χ4n) is 1.87. The van der Waals surface area contributed by atoms with Crippen LogP contribution in [-0.2, 0) is 6.54 Å². The minimum Gasteiger partial charge on any atom is -0.477 e. The summed E-state index contributed by atoms with van der Waals surface area (Å²) in [6.45, 7) is 2.05. The van der Waals surface area contributed by atoms with Crippen molar-refractivity contribution in [3.05, 3.63) is 47.5 Å². The number of aromatic carboxylic acids is 1. The number of hydrogen-bond donors (Lipinski definition) is 3. The van der Waals surface area contributed by atoms with E-state index in [4.69, 9.17) is 5.11 Å². The number of nitrogens with zero attached hydrogens (tertiary/aromatic N) is 2. The summed E-state index contributed by atoms with van der Waals surface area (Å²) in [5, 5.41) is 11.6. The number of H-pyrrole nitrogens is 1. The lowest BCUT2D eigenvalue weighted by Gasteiger charge is -2.17. The number of amides is 2. The Labute approximate surface area is 121 Å². The highest BCUT2D eigenvalue weighted by Gasteiger charge is 2.17. The van der Waals surface area contributed by atoms with Crippen molar-refractivity contribution in [2.45, 2.75) is 13.5 Å². The Morgan fingerprint density at radius 1 is 1.43 bits per heavy atom. The second-order valence-electron chi connectivity index (χ2n) is 4.65. The molecule has 2 aromatic rings. The first-order valence-corrected chi connectivity index (χ1v) is 6.32. The molecule has 0 spiro atoms. The van der Waals surface area contributed by atoms with Gasteiger partial charge >= 0.3 is 12.0 Å². The first-order valence-electron chi connectivity index (χ1n) is 6.32. The van der Waals surface area contributed by atoms with Crippen LogP contribution in [-0.4, -0.2) is 39.0 Å². The number of anilines is 1. The molecular weight excluding hydrogens is 272 g/mol. The van der Waals surface area contributed by atoms with E-state index < -0.39 is 12.0 Å². The third kappa shape index (κ3) is 3.59. The molecule has 0 saturated heterocycles. The van der Waals surface area contributed by atoms with Crippen LogP contribution in [0, 0.1) is 6.92 Å². The molecule has 0 unspecified atom stereocenters. The molecule has 0 radical (unpaired) electrons. The quantitative estimate of drug-likeness (QED) is 0.802. The van der Waals surface area contributed by atoms with Crippen molar-refractivity contribution in [1.82, 2.24) is 14.9 Å². The van der Waals surface area contributed by atoms with E-state index in [1.165, 1.54) is 4.90 Å². The largest absolute Gasteiger partial charge is 0.477 e. The van der Waals surface area contributed by atoms with Crippen molar-refractivity contribution in [2.75, 3.05) is 12.4 Å². The molecule has 2 amide bonds. The highest BCUT2D eigenvalue weighted by atomic mass is 16.4. The van der Waals surface area contributed by atoms with Crippen LogP contribution in [0.25, 0.3) is 0 Å². The lowest BCUT2D eigenvalue weighted by molar-refractivity contribution is 0.0692. The average molecular weight is 288 g/mol. The van der Waals surface area contributed by atoms with Gasteiger partial charge in [0.25, 0.3) is 0 Å². The molecule has 2 heterocycles. The Morgan fingerprint density at radius 3 is 2.81 bits per heavy atom. The Hall–Kier alpha value is -2.83. The van der Waals surface area contributed by atoms with E-state index >= 15 is 0 Å². The van der Waals surface area contributed by atoms with Gasteiger partial charge in [-0.25, -0.2) is 9.59 Å². The number of pyridine rings is 1. The minimum absolute atomic E-state index is 0.0351. The number of carbonyl (C=O) groups excluding carboxylic acids is 1. The van der Waals surface area contributed by atoms with Crippen molar-refractivity contribution in [3.8, 4) is 0 Å². The Kier molecular flexibility index (Phi) is 4.22. The van der Waals surface area contributed by atoms with Gasteiger partial charge in [-0.2, -0.15) is 0 Å². The van der Waals surface area contributed by atoms with Crippen LogP contribution in [0.2, 0.25) is 0 Å². The number of hydrogen-bond acceptors (Lipinski definition) is 3. The van der Waals surface area contributed by atoms with E-state index in [-0.39, 0.29) is 11.4 Å². The van der Waals surface area contributed by atoms with Crippen molar-refractivity contribution in [3.63, 3.8) is 0 Å². The van der Waals surface area contributed by atoms with Gasteiger partial charge in [-0.15, -0.1) is 0 Å². The second-order valence-corrected chi connectivity index (χ2v) is 4.65. The predicted molar refractivity (Wildman–Crippen MR) is 77.2 cm³/mol. The van der Waals surface area contributed by atoms with E-state index in [0.717, 1.165) is 5.69 Å². The van der Waals surface area contributed by atoms with Gasteiger partial charge in [0.15, 0.2) is 0 Å².